The highest BCUT2D eigenvalue weighted by atomic mass is 35.5. The molecule has 5 nitrogen and oxygen atoms in total. The Kier molecular flexibility index (Phi) is 6.42. The molecule has 0 radical (unpaired) electrons. The number of anilines is 3. The summed E-state index contributed by atoms with van der Waals surface area (Å²) in [6, 6.07) is 19.0. The normalized spacial score (nSPS) is 11.0. The zero-order valence-electron chi connectivity index (χ0n) is 15.9. The molecule has 0 aliphatic carbocycles. The van der Waals surface area contributed by atoms with E-state index in [1.807, 2.05) is 26.0 Å². The van der Waals surface area contributed by atoms with Gasteiger partial charge in [0.25, 0.3) is 10.0 Å². The van der Waals surface area contributed by atoms with Crippen molar-refractivity contribution in [1.29, 1.82) is 0 Å². The lowest BCUT2D eigenvalue weighted by atomic mass is 10.2. The number of sulfonamides is 1. The largest absolute Gasteiger partial charge is 0.332 e. The molecule has 0 spiro atoms. The maximum Gasteiger partial charge on any atom is 0.261 e. The molecular weight excluding hydrogens is 426 g/mol. The van der Waals surface area contributed by atoms with Crippen LogP contribution in [-0.4, -0.2) is 13.5 Å². The van der Waals surface area contributed by atoms with E-state index in [0.717, 1.165) is 22.5 Å². The first kappa shape index (κ1) is 21.1. The number of halogens is 1. The third-order valence-electron chi connectivity index (χ3n) is 4.17. The van der Waals surface area contributed by atoms with Gasteiger partial charge >= 0.3 is 0 Å². The Morgan fingerprint density at radius 3 is 2.14 bits per heavy atom. The summed E-state index contributed by atoms with van der Waals surface area (Å²) < 4.78 is 27.5. The lowest BCUT2D eigenvalue weighted by Gasteiger charge is -2.13. The molecule has 0 saturated heterocycles. The number of aryl methyl sites for hydroxylation is 2. The summed E-state index contributed by atoms with van der Waals surface area (Å²) >= 11 is 11.4. The second kappa shape index (κ2) is 8.82. The van der Waals surface area contributed by atoms with Crippen LogP contribution < -0.4 is 15.4 Å². The zero-order valence-corrected chi connectivity index (χ0v) is 18.3. The molecule has 0 aromatic heterocycles. The Hall–Kier alpha value is -2.61. The van der Waals surface area contributed by atoms with Crippen LogP contribution in [0, 0.1) is 13.8 Å². The van der Waals surface area contributed by atoms with Gasteiger partial charge in [0.15, 0.2) is 5.11 Å². The van der Waals surface area contributed by atoms with Crippen molar-refractivity contribution < 1.29 is 8.42 Å². The summed E-state index contributed by atoms with van der Waals surface area (Å²) in [5, 5.41) is 7.19. The fourth-order valence-electron chi connectivity index (χ4n) is 2.57. The lowest BCUT2D eigenvalue weighted by Crippen LogP contribution is -2.19. The highest BCUT2D eigenvalue weighted by Gasteiger charge is 2.13. The van der Waals surface area contributed by atoms with Crippen molar-refractivity contribution >= 4 is 56.0 Å². The van der Waals surface area contributed by atoms with Gasteiger partial charge < -0.3 is 10.6 Å². The van der Waals surface area contributed by atoms with Gasteiger partial charge in [0.1, 0.15) is 0 Å². The van der Waals surface area contributed by atoms with Crippen molar-refractivity contribution in [2.24, 2.45) is 0 Å². The van der Waals surface area contributed by atoms with E-state index < -0.39 is 10.0 Å². The minimum absolute atomic E-state index is 0.215. The van der Waals surface area contributed by atoms with Gasteiger partial charge in [-0.2, -0.15) is 0 Å². The molecule has 8 heteroatoms. The minimum atomic E-state index is -3.64. The molecule has 0 aliphatic rings. The van der Waals surface area contributed by atoms with Crippen LogP contribution in [0.15, 0.2) is 71.6 Å². The molecule has 3 aromatic rings. The molecule has 0 aliphatic heterocycles. The van der Waals surface area contributed by atoms with E-state index in [9.17, 15) is 8.42 Å². The van der Waals surface area contributed by atoms with E-state index in [0.29, 0.717) is 15.8 Å². The van der Waals surface area contributed by atoms with E-state index in [4.69, 9.17) is 23.8 Å². The van der Waals surface area contributed by atoms with E-state index >= 15 is 0 Å². The first-order valence-corrected chi connectivity index (χ1v) is 11.0. The fraction of sp³-hybridized carbons (Fsp3) is 0.0952. The number of benzene rings is 3. The van der Waals surface area contributed by atoms with E-state index in [1.165, 1.54) is 0 Å². The number of thiocarbonyl (C=S) groups is 1. The standard InChI is InChI=1S/C21H20ClN3O2S2/c1-14-3-11-19(12-4-14)29(26,27)25-18-9-7-17(8-10-18)23-21(28)24-20-13-16(22)6-5-15(20)2/h3-13,25H,1-2H3,(H2,23,24,28). The molecule has 150 valence electrons. The molecule has 3 N–H and O–H groups in total. The average molecular weight is 446 g/mol. The summed E-state index contributed by atoms with van der Waals surface area (Å²) in [6.07, 6.45) is 0. The Balaban J connectivity index is 1.64. The molecule has 3 rings (SSSR count). The second-order valence-corrected chi connectivity index (χ2v) is 9.06. The number of hydrogen-bond acceptors (Lipinski definition) is 3. The third-order valence-corrected chi connectivity index (χ3v) is 6.01. The summed E-state index contributed by atoms with van der Waals surface area (Å²) in [5.74, 6) is 0. The second-order valence-electron chi connectivity index (χ2n) is 6.53. The fourth-order valence-corrected chi connectivity index (χ4v) is 4.03. The Morgan fingerprint density at radius 2 is 1.48 bits per heavy atom. The highest BCUT2D eigenvalue weighted by Crippen LogP contribution is 2.22. The van der Waals surface area contributed by atoms with Gasteiger partial charge in [-0.25, -0.2) is 8.42 Å². The molecule has 29 heavy (non-hydrogen) atoms. The predicted molar refractivity (Wildman–Crippen MR) is 124 cm³/mol. The Labute approximate surface area is 181 Å². The quantitative estimate of drug-likeness (QED) is 0.448. The average Bonchev–Trinajstić information content (AvgIpc) is 2.66. The molecule has 0 unspecified atom stereocenters. The van der Waals surface area contributed by atoms with Crippen LogP contribution in [0.2, 0.25) is 5.02 Å². The third kappa shape index (κ3) is 5.69. The van der Waals surface area contributed by atoms with Crippen molar-refractivity contribution in [3.63, 3.8) is 0 Å². The van der Waals surface area contributed by atoms with Gasteiger partial charge in [0.05, 0.1) is 4.90 Å². The van der Waals surface area contributed by atoms with Crippen LogP contribution in [0.25, 0.3) is 0 Å². The van der Waals surface area contributed by atoms with Crippen molar-refractivity contribution in [1.82, 2.24) is 0 Å². The van der Waals surface area contributed by atoms with Crippen molar-refractivity contribution in [3.05, 3.63) is 82.9 Å². The molecule has 0 saturated carbocycles. The summed E-state index contributed by atoms with van der Waals surface area (Å²) in [4.78, 5) is 0.215. The first-order valence-electron chi connectivity index (χ1n) is 8.77. The van der Waals surface area contributed by atoms with Crippen LogP contribution in [0.5, 0.6) is 0 Å². The number of nitrogens with one attached hydrogen (secondary N) is 3. The Morgan fingerprint density at radius 1 is 0.862 bits per heavy atom. The van der Waals surface area contributed by atoms with Crippen molar-refractivity contribution in [3.8, 4) is 0 Å². The van der Waals surface area contributed by atoms with E-state index in [-0.39, 0.29) is 4.90 Å². The van der Waals surface area contributed by atoms with E-state index in [1.54, 1.807) is 54.6 Å². The van der Waals surface area contributed by atoms with Gasteiger partial charge in [0, 0.05) is 22.1 Å². The topological polar surface area (TPSA) is 70.2 Å². The monoisotopic (exact) mass is 445 g/mol. The van der Waals surface area contributed by atoms with Crippen LogP contribution >= 0.6 is 23.8 Å². The van der Waals surface area contributed by atoms with E-state index in [2.05, 4.69) is 15.4 Å². The van der Waals surface area contributed by atoms with Gasteiger partial charge in [0.2, 0.25) is 0 Å². The maximum atomic E-state index is 12.5. The van der Waals surface area contributed by atoms with Crippen molar-refractivity contribution in [2.75, 3.05) is 15.4 Å². The van der Waals surface area contributed by atoms with Crippen molar-refractivity contribution in [2.45, 2.75) is 18.7 Å². The molecule has 0 fully saturated rings. The SMILES string of the molecule is Cc1ccc(S(=O)(=O)Nc2ccc(NC(=S)Nc3cc(Cl)ccc3C)cc2)cc1. The summed E-state index contributed by atoms with van der Waals surface area (Å²) in [7, 11) is -3.64. The highest BCUT2D eigenvalue weighted by molar-refractivity contribution is 7.92. The lowest BCUT2D eigenvalue weighted by molar-refractivity contribution is 0.601. The maximum absolute atomic E-state index is 12.5. The van der Waals surface area contributed by atoms with Crippen LogP contribution in [0.3, 0.4) is 0 Å². The summed E-state index contributed by atoms with van der Waals surface area (Å²) in [6.45, 7) is 3.86. The van der Waals surface area contributed by atoms with Gasteiger partial charge in [-0.15, -0.1) is 0 Å². The zero-order chi connectivity index (χ0) is 21.0. The molecule has 3 aromatic carbocycles. The summed E-state index contributed by atoms with van der Waals surface area (Å²) in [5.41, 5.74) is 4.01. The number of rotatable bonds is 5. The van der Waals surface area contributed by atoms with Crippen LogP contribution in [-0.2, 0) is 10.0 Å². The molecule has 0 atom stereocenters. The molecule has 0 heterocycles. The van der Waals surface area contributed by atoms with Gasteiger partial charge in [-0.05, 0) is 80.2 Å². The minimum Gasteiger partial charge on any atom is -0.332 e. The number of hydrogen-bond donors (Lipinski definition) is 3. The molecule has 0 amide bonds. The first-order chi connectivity index (χ1) is 13.7. The van der Waals surface area contributed by atoms with Gasteiger partial charge in [-0.1, -0.05) is 35.4 Å². The molecule has 0 bridgehead atoms. The predicted octanol–water partition coefficient (Wildman–Crippen LogP) is 5.57. The van der Waals surface area contributed by atoms with Crippen LogP contribution in [0.4, 0.5) is 17.1 Å². The molecular formula is C21H20ClN3O2S2. The van der Waals surface area contributed by atoms with Gasteiger partial charge in [-0.3, -0.25) is 4.72 Å². The Bertz CT molecular complexity index is 1130. The smallest absolute Gasteiger partial charge is 0.261 e. The van der Waals surface area contributed by atoms with Crippen LogP contribution in [0.1, 0.15) is 11.1 Å².